The van der Waals surface area contributed by atoms with Gasteiger partial charge < -0.3 is 15.8 Å². The van der Waals surface area contributed by atoms with E-state index in [0.717, 1.165) is 0 Å². The monoisotopic (exact) mass is 442 g/mol. The first-order valence-corrected chi connectivity index (χ1v) is 10.0. The van der Waals surface area contributed by atoms with E-state index in [0.29, 0.717) is 22.5 Å². The molecule has 2 aromatic rings. The van der Waals surface area contributed by atoms with Gasteiger partial charge in [0, 0.05) is 23.6 Å². The van der Waals surface area contributed by atoms with Crippen LogP contribution in [-0.2, 0) is 14.8 Å². The molecule has 2 rings (SSSR count). The van der Waals surface area contributed by atoms with Crippen LogP contribution in [0, 0.1) is 0 Å². The summed E-state index contributed by atoms with van der Waals surface area (Å²) in [6.45, 7) is 2.22. The first-order valence-electron chi connectivity index (χ1n) is 7.76. The number of halogens is 1. The molecule has 1 heterocycles. The number of aromatic nitrogens is 1. The van der Waals surface area contributed by atoms with Crippen LogP contribution in [0.1, 0.15) is 13.3 Å². The van der Waals surface area contributed by atoms with Gasteiger partial charge in [-0.3, -0.25) is 4.79 Å². The van der Waals surface area contributed by atoms with Crippen molar-refractivity contribution in [3.8, 4) is 5.75 Å². The maximum Gasteiger partial charge on any atom is 0.244 e. The Balaban J connectivity index is 1.95. The summed E-state index contributed by atoms with van der Waals surface area (Å²) in [7, 11) is -3.87. The normalized spacial score (nSPS) is 11.2. The van der Waals surface area contributed by atoms with Crippen molar-refractivity contribution < 1.29 is 17.9 Å². The first-order chi connectivity index (χ1) is 12.3. The van der Waals surface area contributed by atoms with Crippen LogP contribution in [0.15, 0.2) is 45.9 Å². The van der Waals surface area contributed by atoms with Crippen molar-refractivity contribution in [1.29, 1.82) is 0 Å². The molecule has 8 nitrogen and oxygen atoms in total. The number of rotatable bonds is 8. The minimum Gasteiger partial charge on any atom is -0.492 e. The SMILES string of the molecule is CCOc1ccccc1NC(=O)CCNS(=O)(=O)c1cc(Br)cnc1N. The minimum absolute atomic E-state index is 0.0545. The fourth-order valence-electron chi connectivity index (χ4n) is 2.09. The summed E-state index contributed by atoms with van der Waals surface area (Å²) in [5.74, 6) is 0.0906. The van der Waals surface area contributed by atoms with Gasteiger partial charge in [-0.15, -0.1) is 0 Å². The highest BCUT2D eigenvalue weighted by molar-refractivity contribution is 9.10. The molecular formula is C16H19BrN4O4S. The zero-order valence-electron chi connectivity index (χ0n) is 14.0. The Morgan fingerprint density at radius 3 is 2.81 bits per heavy atom. The lowest BCUT2D eigenvalue weighted by molar-refractivity contribution is -0.116. The van der Waals surface area contributed by atoms with Crippen LogP contribution >= 0.6 is 15.9 Å². The Morgan fingerprint density at radius 2 is 2.08 bits per heavy atom. The quantitative estimate of drug-likeness (QED) is 0.575. The van der Waals surface area contributed by atoms with Crippen molar-refractivity contribution in [2.24, 2.45) is 0 Å². The van der Waals surface area contributed by atoms with Gasteiger partial charge in [0.25, 0.3) is 0 Å². The van der Waals surface area contributed by atoms with Gasteiger partial charge in [-0.05, 0) is 41.1 Å². The Morgan fingerprint density at radius 1 is 1.35 bits per heavy atom. The number of nitrogens with one attached hydrogen (secondary N) is 2. The van der Waals surface area contributed by atoms with Crippen LogP contribution in [0.3, 0.4) is 0 Å². The molecule has 0 aliphatic rings. The number of para-hydroxylation sites is 2. The second-order valence-corrected chi connectivity index (χ2v) is 7.81. The van der Waals surface area contributed by atoms with Gasteiger partial charge >= 0.3 is 0 Å². The minimum atomic E-state index is -3.87. The van der Waals surface area contributed by atoms with Crippen molar-refractivity contribution in [2.45, 2.75) is 18.2 Å². The number of sulfonamides is 1. The van der Waals surface area contributed by atoms with Crippen LogP contribution in [-0.4, -0.2) is 32.5 Å². The summed E-state index contributed by atoms with van der Waals surface area (Å²) < 4.78 is 32.8. The highest BCUT2D eigenvalue weighted by Crippen LogP contribution is 2.24. The number of nitrogens with zero attached hydrogens (tertiary/aromatic N) is 1. The molecule has 1 aromatic carbocycles. The number of nitrogens with two attached hydrogens (primary N) is 1. The third-order valence-electron chi connectivity index (χ3n) is 3.24. The molecule has 0 bridgehead atoms. The highest BCUT2D eigenvalue weighted by atomic mass is 79.9. The Kier molecular flexibility index (Phi) is 6.95. The Labute approximate surface area is 160 Å². The van der Waals surface area contributed by atoms with Crippen LogP contribution in [0.4, 0.5) is 11.5 Å². The third-order valence-corrected chi connectivity index (χ3v) is 5.17. The van der Waals surface area contributed by atoms with E-state index in [9.17, 15) is 13.2 Å². The molecule has 0 unspecified atom stereocenters. The Bertz CT molecular complexity index is 890. The molecule has 1 aromatic heterocycles. The standard InChI is InChI=1S/C16H19BrN4O4S/c1-2-25-13-6-4-3-5-12(13)21-15(22)7-8-20-26(23,24)14-9-11(17)10-19-16(14)18/h3-6,9-10,20H,2,7-8H2,1H3,(H2,18,19)(H,21,22). The highest BCUT2D eigenvalue weighted by Gasteiger charge is 2.19. The summed E-state index contributed by atoms with van der Waals surface area (Å²) >= 11 is 3.15. The number of carbonyl (C=O) groups is 1. The molecular weight excluding hydrogens is 424 g/mol. The number of benzene rings is 1. The van der Waals surface area contributed by atoms with E-state index in [1.807, 2.05) is 6.92 Å². The number of hydrogen-bond donors (Lipinski definition) is 3. The first kappa shape index (κ1) is 20.1. The summed E-state index contributed by atoms with van der Waals surface area (Å²) in [6.07, 6.45) is 1.35. The molecule has 0 radical (unpaired) electrons. The summed E-state index contributed by atoms with van der Waals surface area (Å²) in [6, 6.07) is 8.37. The van der Waals surface area contributed by atoms with E-state index in [1.165, 1.54) is 12.3 Å². The van der Waals surface area contributed by atoms with Gasteiger partial charge in [0.05, 0.1) is 12.3 Å². The molecule has 140 valence electrons. The molecule has 0 saturated carbocycles. The fraction of sp³-hybridized carbons (Fsp3) is 0.250. The fourth-order valence-corrected chi connectivity index (χ4v) is 3.71. The number of carbonyl (C=O) groups excluding carboxylic acids is 1. The van der Waals surface area contributed by atoms with E-state index in [-0.39, 0.29) is 29.6 Å². The average Bonchev–Trinajstić information content (AvgIpc) is 2.59. The van der Waals surface area contributed by atoms with Gasteiger partial charge in [-0.2, -0.15) is 0 Å². The summed E-state index contributed by atoms with van der Waals surface area (Å²) in [4.78, 5) is 15.7. The van der Waals surface area contributed by atoms with Crippen LogP contribution in [0.5, 0.6) is 5.75 Å². The lowest BCUT2D eigenvalue weighted by Gasteiger charge is -2.12. The van der Waals surface area contributed by atoms with Crippen LogP contribution in [0.2, 0.25) is 0 Å². The zero-order valence-corrected chi connectivity index (χ0v) is 16.4. The van der Waals surface area contributed by atoms with Gasteiger partial charge in [-0.1, -0.05) is 12.1 Å². The van der Waals surface area contributed by atoms with Crippen LogP contribution in [0.25, 0.3) is 0 Å². The predicted octanol–water partition coefficient (Wildman–Crippen LogP) is 2.13. The molecule has 0 aliphatic carbocycles. The maximum atomic E-state index is 12.3. The van der Waals surface area contributed by atoms with Crippen molar-refractivity contribution in [3.63, 3.8) is 0 Å². The largest absolute Gasteiger partial charge is 0.492 e. The van der Waals surface area contributed by atoms with E-state index in [2.05, 4.69) is 31.0 Å². The molecule has 0 fully saturated rings. The molecule has 10 heteroatoms. The van der Waals surface area contributed by atoms with Gasteiger partial charge in [0.2, 0.25) is 15.9 Å². The van der Waals surface area contributed by atoms with Gasteiger partial charge in [-0.25, -0.2) is 18.1 Å². The van der Waals surface area contributed by atoms with Crippen molar-refractivity contribution in [3.05, 3.63) is 41.0 Å². The average molecular weight is 443 g/mol. The van der Waals surface area contributed by atoms with E-state index < -0.39 is 10.0 Å². The molecule has 0 aliphatic heterocycles. The number of nitrogen functional groups attached to an aromatic ring is 1. The van der Waals surface area contributed by atoms with Crippen LogP contribution < -0.4 is 20.5 Å². The molecule has 26 heavy (non-hydrogen) atoms. The smallest absolute Gasteiger partial charge is 0.244 e. The lowest BCUT2D eigenvalue weighted by atomic mass is 10.3. The number of ether oxygens (including phenoxy) is 1. The van der Waals surface area contributed by atoms with Gasteiger partial charge in [0.15, 0.2) is 0 Å². The molecule has 0 atom stereocenters. The number of amides is 1. The lowest BCUT2D eigenvalue weighted by Crippen LogP contribution is -2.28. The number of anilines is 2. The zero-order chi connectivity index (χ0) is 19.2. The van der Waals surface area contributed by atoms with Crippen molar-refractivity contribution >= 4 is 43.4 Å². The van der Waals surface area contributed by atoms with E-state index >= 15 is 0 Å². The second-order valence-electron chi connectivity index (χ2n) is 5.16. The van der Waals surface area contributed by atoms with Crippen molar-refractivity contribution in [1.82, 2.24) is 9.71 Å². The predicted molar refractivity (Wildman–Crippen MR) is 102 cm³/mol. The number of pyridine rings is 1. The molecule has 0 spiro atoms. The molecule has 1 amide bonds. The van der Waals surface area contributed by atoms with E-state index in [1.54, 1.807) is 24.3 Å². The summed E-state index contributed by atoms with van der Waals surface area (Å²) in [5, 5.41) is 2.70. The van der Waals surface area contributed by atoms with E-state index in [4.69, 9.17) is 10.5 Å². The molecule has 4 N–H and O–H groups in total. The maximum absolute atomic E-state index is 12.3. The van der Waals surface area contributed by atoms with Gasteiger partial charge in [0.1, 0.15) is 16.5 Å². The number of hydrogen-bond acceptors (Lipinski definition) is 6. The topological polar surface area (TPSA) is 123 Å². The second kappa shape index (κ2) is 8.97. The summed E-state index contributed by atoms with van der Waals surface area (Å²) in [5.41, 5.74) is 6.14. The Hall–Kier alpha value is -2.17. The third kappa shape index (κ3) is 5.41. The van der Waals surface area contributed by atoms with Crippen molar-refractivity contribution in [2.75, 3.05) is 24.2 Å². The molecule has 0 saturated heterocycles.